The second kappa shape index (κ2) is 4.11. The lowest BCUT2D eigenvalue weighted by Gasteiger charge is -2.16. The van der Waals surface area contributed by atoms with Gasteiger partial charge in [-0.25, -0.2) is 13.8 Å². The zero-order chi connectivity index (χ0) is 12.5. The number of aromatic nitrogens is 1. The van der Waals surface area contributed by atoms with Crippen LogP contribution in [-0.2, 0) is 6.18 Å². The fraction of sp³-hybridized carbons (Fsp3) is 0.375. The molecule has 0 radical (unpaired) electrons. The molecule has 8 heteroatoms. The van der Waals surface area contributed by atoms with Gasteiger partial charge in [0.15, 0.2) is 0 Å². The number of alkyl halides is 5. The fourth-order valence-electron chi connectivity index (χ4n) is 1.17. The molecular formula is C8H7F5N2O. The summed E-state index contributed by atoms with van der Waals surface area (Å²) in [6.45, 7) is 0. The van der Waals surface area contributed by atoms with E-state index < -0.39 is 35.3 Å². The molecule has 0 aliphatic rings. The number of halogens is 5. The van der Waals surface area contributed by atoms with Crippen molar-refractivity contribution in [3.63, 3.8) is 0 Å². The molecule has 0 fully saturated rings. The zero-order valence-corrected chi connectivity index (χ0v) is 7.98. The predicted octanol–water partition coefficient (Wildman–Crippen LogP) is 2.63. The van der Waals surface area contributed by atoms with Gasteiger partial charge in [-0.15, -0.1) is 0 Å². The van der Waals surface area contributed by atoms with Crippen molar-refractivity contribution in [3.8, 4) is 5.75 Å². The van der Waals surface area contributed by atoms with Crippen molar-refractivity contribution in [2.45, 2.75) is 12.6 Å². The molecule has 2 N–H and O–H groups in total. The summed E-state index contributed by atoms with van der Waals surface area (Å²) in [6, 6.07) is 0. The molecule has 0 bridgehead atoms. The smallest absolute Gasteiger partial charge is 0.423 e. The predicted molar refractivity (Wildman–Crippen MR) is 45.2 cm³/mol. The molecule has 0 saturated carbocycles. The monoisotopic (exact) mass is 242 g/mol. The molecule has 0 amide bonds. The van der Waals surface area contributed by atoms with Crippen LogP contribution in [0.1, 0.15) is 17.6 Å². The maximum atomic E-state index is 12.5. The van der Waals surface area contributed by atoms with Crippen LogP contribution < -0.4 is 10.5 Å². The van der Waals surface area contributed by atoms with Crippen molar-refractivity contribution in [1.29, 1.82) is 0 Å². The lowest BCUT2D eigenvalue weighted by Crippen LogP contribution is -2.14. The molecule has 1 aromatic rings. The van der Waals surface area contributed by atoms with Crippen LogP contribution in [0.25, 0.3) is 0 Å². The molecule has 16 heavy (non-hydrogen) atoms. The van der Waals surface area contributed by atoms with Crippen LogP contribution in [0.15, 0.2) is 6.20 Å². The fourth-order valence-corrected chi connectivity index (χ4v) is 1.17. The van der Waals surface area contributed by atoms with Gasteiger partial charge in [0.2, 0.25) is 0 Å². The van der Waals surface area contributed by atoms with E-state index in [-0.39, 0.29) is 0 Å². The van der Waals surface area contributed by atoms with Gasteiger partial charge in [0, 0.05) is 6.20 Å². The Morgan fingerprint density at radius 2 is 1.94 bits per heavy atom. The quantitative estimate of drug-likeness (QED) is 0.811. The van der Waals surface area contributed by atoms with Gasteiger partial charge in [0.05, 0.1) is 12.7 Å². The minimum absolute atomic E-state index is 0.564. The van der Waals surface area contributed by atoms with Crippen molar-refractivity contribution in [2.75, 3.05) is 12.8 Å². The second-order valence-corrected chi connectivity index (χ2v) is 2.81. The van der Waals surface area contributed by atoms with Crippen molar-refractivity contribution < 1.29 is 26.7 Å². The minimum atomic E-state index is -4.90. The molecule has 0 saturated heterocycles. The van der Waals surface area contributed by atoms with Gasteiger partial charge in [-0.2, -0.15) is 13.2 Å². The van der Waals surface area contributed by atoms with Gasteiger partial charge in [-0.1, -0.05) is 0 Å². The first-order valence-corrected chi connectivity index (χ1v) is 3.96. The van der Waals surface area contributed by atoms with Gasteiger partial charge in [0.25, 0.3) is 6.43 Å². The Bertz CT molecular complexity index is 391. The number of anilines is 1. The number of hydrogen-bond acceptors (Lipinski definition) is 3. The summed E-state index contributed by atoms with van der Waals surface area (Å²) in [6.07, 6.45) is -7.45. The van der Waals surface area contributed by atoms with Crippen LogP contribution >= 0.6 is 0 Å². The first-order chi connectivity index (χ1) is 7.29. The summed E-state index contributed by atoms with van der Waals surface area (Å²) < 4.78 is 66.6. The van der Waals surface area contributed by atoms with Gasteiger partial charge in [-0.3, -0.25) is 0 Å². The molecule has 1 heterocycles. The number of rotatable bonds is 2. The average Bonchev–Trinajstić information content (AvgIpc) is 2.14. The first-order valence-electron chi connectivity index (χ1n) is 3.96. The van der Waals surface area contributed by atoms with Crippen molar-refractivity contribution in [2.24, 2.45) is 0 Å². The lowest BCUT2D eigenvalue weighted by molar-refractivity contribution is -0.138. The van der Waals surface area contributed by atoms with Crippen LogP contribution in [0.4, 0.5) is 27.8 Å². The van der Waals surface area contributed by atoms with Crippen LogP contribution in [0.2, 0.25) is 0 Å². The SMILES string of the molecule is COc1c(C(F)F)cnc(N)c1C(F)(F)F. The van der Waals surface area contributed by atoms with Crippen molar-refractivity contribution in [3.05, 3.63) is 17.3 Å². The van der Waals surface area contributed by atoms with E-state index in [0.717, 1.165) is 7.11 Å². The Hall–Kier alpha value is -1.60. The largest absolute Gasteiger partial charge is 0.495 e. The van der Waals surface area contributed by atoms with E-state index in [2.05, 4.69) is 9.72 Å². The van der Waals surface area contributed by atoms with Gasteiger partial charge >= 0.3 is 6.18 Å². The standard InChI is InChI=1S/C8H7F5N2O/c1-16-5-3(6(9)10)2-15-7(14)4(5)8(11,12)13/h2,6H,1H3,(H2,14,15). The highest BCUT2D eigenvalue weighted by Crippen LogP contribution is 2.43. The highest BCUT2D eigenvalue weighted by molar-refractivity contribution is 5.54. The maximum Gasteiger partial charge on any atom is 0.423 e. The number of methoxy groups -OCH3 is 1. The molecule has 0 aliphatic carbocycles. The van der Waals surface area contributed by atoms with Gasteiger partial charge in [-0.05, 0) is 0 Å². The van der Waals surface area contributed by atoms with E-state index in [9.17, 15) is 22.0 Å². The number of pyridine rings is 1. The van der Waals surface area contributed by atoms with Crippen molar-refractivity contribution in [1.82, 2.24) is 4.98 Å². The van der Waals surface area contributed by atoms with Crippen LogP contribution in [0.5, 0.6) is 5.75 Å². The summed E-state index contributed by atoms with van der Waals surface area (Å²) in [5.74, 6) is -1.89. The number of nitrogen functional groups attached to an aromatic ring is 1. The summed E-state index contributed by atoms with van der Waals surface area (Å²) in [5, 5.41) is 0. The molecule has 0 aromatic carbocycles. The number of ether oxygens (including phenoxy) is 1. The Balaban J connectivity index is 3.51. The highest BCUT2D eigenvalue weighted by Gasteiger charge is 2.39. The molecule has 0 aliphatic heterocycles. The molecule has 0 unspecified atom stereocenters. The number of hydrogen-bond donors (Lipinski definition) is 1. The Morgan fingerprint density at radius 1 is 1.38 bits per heavy atom. The second-order valence-electron chi connectivity index (χ2n) is 2.81. The summed E-state index contributed by atoms with van der Waals surface area (Å²) in [4.78, 5) is 3.07. The van der Waals surface area contributed by atoms with E-state index in [0.29, 0.717) is 6.20 Å². The summed E-state index contributed by atoms with van der Waals surface area (Å²) in [5.41, 5.74) is 2.58. The van der Waals surface area contributed by atoms with Crippen LogP contribution in [0, 0.1) is 0 Å². The van der Waals surface area contributed by atoms with Crippen LogP contribution in [-0.4, -0.2) is 12.1 Å². The molecule has 0 spiro atoms. The minimum Gasteiger partial charge on any atom is -0.495 e. The first kappa shape index (κ1) is 12.5. The third-order valence-electron chi connectivity index (χ3n) is 1.81. The van der Waals surface area contributed by atoms with E-state index in [1.165, 1.54) is 0 Å². The van der Waals surface area contributed by atoms with E-state index in [4.69, 9.17) is 5.73 Å². The molecule has 3 nitrogen and oxygen atoms in total. The van der Waals surface area contributed by atoms with Gasteiger partial charge < -0.3 is 10.5 Å². The van der Waals surface area contributed by atoms with E-state index in [1.54, 1.807) is 0 Å². The lowest BCUT2D eigenvalue weighted by atomic mass is 10.1. The van der Waals surface area contributed by atoms with Crippen molar-refractivity contribution >= 4 is 5.82 Å². The summed E-state index contributed by atoms with van der Waals surface area (Å²) >= 11 is 0. The number of nitrogens with zero attached hydrogens (tertiary/aromatic N) is 1. The maximum absolute atomic E-state index is 12.5. The summed E-state index contributed by atoms with van der Waals surface area (Å²) in [7, 11) is 0.857. The molecular weight excluding hydrogens is 235 g/mol. The third kappa shape index (κ3) is 2.15. The Kier molecular flexibility index (Phi) is 3.20. The molecule has 1 aromatic heterocycles. The van der Waals surface area contributed by atoms with E-state index in [1.807, 2.05) is 0 Å². The molecule has 90 valence electrons. The normalized spacial score (nSPS) is 11.9. The Morgan fingerprint density at radius 3 is 2.31 bits per heavy atom. The Labute approximate surface area is 87.0 Å². The topological polar surface area (TPSA) is 48.1 Å². The van der Waals surface area contributed by atoms with Gasteiger partial charge in [0.1, 0.15) is 17.1 Å². The van der Waals surface area contributed by atoms with Crippen LogP contribution in [0.3, 0.4) is 0 Å². The highest BCUT2D eigenvalue weighted by atomic mass is 19.4. The zero-order valence-electron chi connectivity index (χ0n) is 7.98. The van der Waals surface area contributed by atoms with E-state index >= 15 is 0 Å². The average molecular weight is 242 g/mol. The third-order valence-corrected chi connectivity index (χ3v) is 1.81. The molecule has 1 rings (SSSR count). The molecule has 0 atom stereocenters. The number of nitrogens with two attached hydrogens (primary N) is 1.